The number of hydrogen-bond acceptors (Lipinski definition) is 3. The van der Waals surface area contributed by atoms with Crippen molar-refractivity contribution in [2.75, 3.05) is 7.11 Å². The average molecular weight is 443 g/mol. The lowest BCUT2D eigenvalue weighted by Gasteiger charge is -2.44. The zero-order chi connectivity index (χ0) is 22.2. The van der Waals surface area contributed by atoms with Crippen molar-refractivity contribution in [1.82, 2.24) is 0 Å². The number of halogens is 2. The number of Topliss-reactive ketones (excluding diaryl/α,β-unsaturated/α-hetero) is 1. The number of hydrogen-bond donors (Lipinski definition) is 0. The van der Waals surface area contributed by atoms with E-state index in [1.165, 1.54) is 7.11 Å². The molecule has 0 spiro atoms. The highest BCUT2D eigenvalue weighted by Crippen LogP contribution is 2.46. The fourth-order valence-electron chi connectivity index (χ4n) is 4.51. The second-order valence-corrected chi connectivity index (χ2v) is 9.53. The smallest absolute Gasteiger partial charge is 0.305 e. The van der Waals surface area contributed by atoms with E-state index in [1.54, 1.807) is 12.1 Å². The minimum absolute atomic E-state index is 0.0506. The van der Waals surface area contributed by atoms with Crippen molar-refractivity contribution >= 4 is 35.0 Å². The lowest BCUT2D eigenvalue weighted by molar-refractivity contribution is -0.141. The Morgan fingerprint density at radius 1 is 1.10 bits per heavy atom. The van der Waals surface area contributed by atoms with Crippen molar-refractivity contribution < 1.29 is 14.3 Å². The molecule has 0 heterocycles. The van der Waals surface area contributed by atoms with E-state index in [-0.39, 0.29) is 35.9 Å². The third kappa shape index (κ3) is 7.29. The molecule has 0 aromatic heterocycles. The molecule has 0 bridgehead atoms. The van der Waals surface area contributed by atoms with Crippen LogP contribution in [0.1, 0.15) is 72.3 Å². The van der Waals surface area contributed by atoms with E-state index >= 15 is 0 Å². The highest BCUT2D eigenvalue weighted by molar-refractivity contribution is 6.35. The molecule has 3 nitrogen and oxygen atoms in total. The van der Waals surface area contributed by atoms with Crippen LogP contribution in [0, 0.1) is 23.2 Å². The number of ether oxygens (including phenoxy) is 1. The Balaban J connectivity index is 3.16. The Kier molecular flexibility index (Phi) is 10.7. The standard InChI is InChI=1S/C24H36Cl2O3/c1-7-12-24(16(2)3,17(4)5)15-19(9-11-23(28)29-6)22(27)13-18-8-10-20(25)14-21(18)26/h8,10,14,16-17,19H,7,9,11-13,15H2,1-6H3. The first-order valence-corrected chi connectivity index (χ1v) is 11.4. The van der Waals surface area contributed by atoms with Gasteiger partial charge in [0.05, 0.1) is 7.11 Å². The third-order valence-electron chi connectivity index (χ3n) is 6.40. The molecule has 0 aliphatic carbocycles. The second kappa shape index (κ2) is 12.0. The number of benzene rings is 1. The summed E-state index contributed by atoms with van der Waals surface area (Å²) >= 11 is 12.3. The number of esters is 1. The van der Waals surface area contributed by atoms with Crippen LogP contribution in [-0.4, -0.2) is 18.9 Å². The van der Waals surface area contributed by atoms with Gasteiger partial charge < -0.3 is 4.74 Å². The van der Waals surface area contributed by atoms with Crippen LogP contribution in [0.4, 0.5) is 0 Å². The quantitative estimate of drug-likeness (QED) is 0.322. The van der Waals surface area contributed by atoms with Gasteiger partial charge in [-0.1, -0.05) is 70.3 Å². The first-order valence-electron chi connectivity index (χ1n) is 10.6. The predicted octanol–water partition coefficient (Wildman–Crippen LogP) is 7.16. The molecule has 0 amide bonds. The number of ketones is 1. The molecule has 0 saturated carbocycles. The summed E-state index contributed by atoms with van der Waals surface area (Å²) in [6, 6.07) is 5.23. The van der Waals surface area contributed by atoms with Gasteiger partial charge >= 0.3 is 5.97 Å². The lowest BCUT2D eigenvalue weighted by atomic mass is 9.61. The van der Waals surface area contributed by atoms with Gasteiger partial charge in [0, 0.05) is 28.8 Å². The SMILES string of the molecule is CCCC(CC(CCC(=O)OC)C(=O)Cc1ccc(Cl)cc1Cl)(C(C)C)C(C)C. The molecule has 1 atom stereocenters. The minimum Gasteiger partial charge on any atom is -0.469 e. The summed E-state index contributed by atoms with van der Waals surface area (Å²) in [4.78, 5) is 25.1. The molecule has 0 saturated heterocycles. The van der Waals surface area contributed by atoms with Crippen molar-refractivity contribution in [3.63, 3.8) is 0 Å². The fourth-order valence-corrected chi connectivity index (χ4v) is 4.99. The predicted molar refractivity (Wildman–Crippen MR) is 122 cm³/mol. The van der Waals surface area contributed by atoms with Crippen LogP contribution in [0.5, 0.6) is 0 Å². The van der Waals surface area contributed by atoms with Crippen molar-refractivity contribution in [2.24, 2.45) is 23.2 Å². The van der Waals surface area contributed by atoms with Gasteiger partial charge in [0.15, 0.2) is 0 Å². The van der Waals surface area contributed by atoms with Gasteiger partial charge in [-0.05, 0) is 54.2 Å². The Morgan fingerprint density at radius 2 is 1.72 bits per heavy atom. The highest BCUT2D eigenvalue weighted by Gasteiger charge is 2.40. The fraction of sp³-hybridized carbons (Fsp3) is 0.667. The molecule has 0 fully saturated rings. The topological polar surface area (TPSA) is 43.4 Å². The maximum absolute atomic E-state index is 13.3. The van der Waals surface area contributed by atoms with E-state index < -0.39 is 0 Å². The minimum atomic E-state index is -0.275. The van der Waals surface area contributed by atoms with Crippen LogP contribution in [0.3, 0.4) is 0 Å². The first kappa shape index (κ1) is 26.0. The molecular weight excluding hydrogens is 407 g/mol. The maximum Gasteiger partial charge on any atom is 0.305 e. The number of rotatable bonds is 12. The molecule has 1 aromatic carbocycles. The van der Waals surface area contributed by atoms with Gasteiger partial charge in [-0.15, -0.1) is 0 Å². The van der Waals surface area contributed by atoms with Gasteiger partial charge in [0.2, 0.25) is 0 Å². The summed E-state index contributed by atoms with van der Waals surface area (Å²) in [7, 11) is 1.39. The average Bonchev–Trinajstić information content (AvgIpc) is 2.65. The normalized spacial score (nSPS) is 13.0. The molecule has 0 N–H and O–H groups in total. The molecule has 0 aliphatic rings. The third-order valence-corrected chi connectivity index (χ3v) is 6.99. The zero-order valence-corrected chi connectivity index (χ0v) is 20.2. The lowest BCUT2D eigenvalue weighted by Crippen LogP contribution is -2.37. The Bertz CT molecular complexity index is 675. The van der Waals surface area contributed by atoms with Gasteiger partial charge in [0.1, 0.15) is 5.78 Å². The van der Waals surface area contributed by atoms with Crippen LogP contribution < -0.4 is 0 Å². The van der Waals surface area contributed by atoms with Crippen molar-refractivity contribution in [2.45, 2.75) is 73.1 Å². The largest absolute Gasteiger partial charge is 0.469 e. The highest BCUT2D eigenvalue weighted by atomic mass is 35.5. The summed E-state index contributed by atoms with van der Waals surface area (Å²) in [5, 5.41) is 1.06. The molecule has 29 heavy (non-hydrogen) atoms. The van der Waals surface area contributed by atoms with Crippen LogP contribution in [-0.2, 0) is 20.7 Å². The van der Waals surface area contributed by atoms with Crippen LogP contribution in [0.15, 0.2) is 18.2 Å². The Hall–Kier alpha value is -1.06. The van der Waals surface area contributed by atoms with Crippen LogP contribution >= 0.6 is 23.2 Å². The van der Waals surface area contributed by atoms with Gasteiger partial charge in [-0.2, -0.15) is 0 Å². The molecule has 0 radical (unpaired) electrons. The number of carbonyl (C=O) groups excluding carboxylic acids is 2. The van der Waals surface area contributed by atoms with Gasteiger partial charge in [-0.3, -0.25) is 9.59 Å². The molecular formula is C24H36Cl2O3. The van der Waals surface area contributed by atoms with Gasteiger partial charge in [0.25, 0.3) is 0 Å². The maximum atomic E-state index is 13.3. The summed E-state index contributed by atoms with van der Waals surface area (Å²) in [5.74, 6) is 0.518. The van der Waals surface area contributed by atoms with Crippen molar-refractivity contribution in [1.29, 1.82) is 0 Å². The van der Waals surface area contributed by atoms with E-state index in [0.29, 0.717) is 28.3 Å². The number of methoxy groups -OCH3 is 1. The summed E-state index contributed by atoms with van der Waals surface area (Å²) in [5.41, 5.74) is 0.828. The Morgan fingerprint density at radius 3 is 2.21 bits per heavy atom. The van der Waals surface area contributed by atoms with E-state index in [4.69, 9.17) is 27.9 Å². The summed E-state index contributed by atoms with van der Waals surface area (Å²) < 4.78 is 4.82. The van der Waals surface area contributed by atoms with E-state index in [0.717, 1.165) is 24.8 Å². The summed E-state index contributed by atoms with van der Waals surface area (Å²) in [6.07, 6.45) is 3.90. The van der Waals surface area contributed by atoms with Crippen molar-refractivity contribution in [3.8, 4) is 0 Å². The zero-order valence-electron chi connectivity index (χ0n) is 18.7. The van der Waals surface area contributed by atoms with Crippen molar-refractivity contribution in [3.05, 3.63) is 33.8 Å². The van der Waals surface area contributed by atoms with Gasteiger partial charge in [-0.25, -0.2) is 0 Å². The number of carbonyl (C=O) groups is 2. The van der Waals surface area contributed by atoms with E-state index in [2.05, 4.69) is 34.6 Å². The Labute approximate surface area is 186 Å². The van der Waals surface area contributed by atoms with Crippen LogP contribution in [0.2, 0.25) is 10.0 Å². The molecule has 1 unspecified atom stereocenters. The molecule has 5 heteroatoms. The first-order chi connectivity index (χ1) is 13.6. The summed E-state index contributed by atoms with van der Waals surface area (Å²) in [6.45, 7) is 11.2. The monoisotopic (exact) mass is 442 g/mol. The van der Waals surface area contributed by atoms with E-state index in [1.807, 2.05) is 6.07 Å². The molecule has 164 valence electrons. The molecule has 1 rings (SSSR count). The van der Waals surface area contributed by atoms with Crippen LogP contribution in [0.25, 0.3) is 0 Å². The molecule has 0 aliphatic heterocycles. The van der Waals surface area contributed by atoms with E-state index in [9.17, 15) is 9.59 Å². The molecule has 1 aromatic rings. The second-order valence-electron chi connectivity index (χ2n) is 8.69.